The van der Waals surface area contributed by atoms with E-state index in [1.54, 1.807) is 0 Å². The smallest absolute Gasteiger partial charge is 0.255 e. The van der Waals surface area contributed by atoms with Gasteiger partial charge in [0.15, 0.2) is 5.82 Å². The van der Waals surface area contributed by atoms with E-state index in [4.69, 9.17) is 4.98 Å². The zero-order valence-electron chi connectivity index (χ0n) is 14.6. The third-order valence-electron chi connectivity index (χ3n) is 5.09. The second kappa shape index (κ2) is 6.88. The van der Waals surface area contributed by atoms with E-state index in [1.807, 2.05) is 18.5 Å². The average Bonchev–Trinajstić information content (AvgIpc) is 2.65. The maximum atomic E-state index is 12.6. The van der Waals surface area contributed by atoms with Crippen molar-refractivity contribution >= 4 is 5.71 Å². The Labute approximate surface area is 147 Å². The molecule has 0 spiro atoms. The van der Waals surface area contributed by atoms with Crippen LogP contribution >= 0.6 is 0 Å². The van der Waals surface area contributed by atoms with Crippen molar-refractivity contribution in [1.82, 2.24) is 19.9 Å². The molecule has 6 heteroatoms. The normalized spacial score (nSPS) is 17.9. The predicted molar refractivity (Wildman–Crippen MR) is 96.9 cm³/mol. The molecule has 0 aromatic carbocycles. The number of rotatable bonds is 3. The summed E-state index contributed by atoms with van der Waals surface area (Å²) >= 11 is 0. The molecule has 0 amide bonds. The predicted octanol–water partition coefficient (Wildman–Crippen LogP) is 2.00. The summed E-state index contributed by atoms with van der Waals surface area (Å²) in [5.74, 6) is 0.681. The lowest BCUT2D eigenvalue weighted by molar-refractivity contribution is 0.241. The Bertz CT molecular complexity index is 870. The van der Waals surface area contributed by atoms with Gasteiger partial charge in [-0.15, -0.1) is 0 Å². The number of aryl methyl sites for hydroxylation is 1. The Morgan fingerprint density at radius 3 is 3.00 bits per heavy atom. The highest BCUT2D eigenvalue weighted by atomic mass is 16.1. The van der Waals surface area contributed by atoms with Crippen molar-refractivity contribution in [2.24, 2.45) is 4.99 Å². The number of hydrogen-bond donors (Lipinski definition) is 1. The monoisotopic (exact) mass is 337 g/mol. The van der Waals surface area contributed by atoms with Gasteiger partial charge in [-0.3, -0.25) is 19.7 Å². The van der Waals surface area contributed by atoms with Crippen LogP contribution in [-0.2, 0) is 19.5 Å². The van der Waals surface area contributed by atoms with Gasteiger partial charge in [-0.05, 0) is 43.4 Å². The van der Waals surface area contributed by atoms with Gasteiger partial charge in [-0.1, -0.05) is 0 Å². The number of nitrogens with one attached hydrogen (secondary N) is 1. The molecule has 0 saturated heterocycles. The summed E-state index contributed by atoms with van der Waals surface area (Å²) in [5.41, 5.74) is 5.13. The van der Waals surface area contributed by atoms with Gasteiger partial charge >= 0.3 is 0 Å². The number of aromatic nitrogens is 3. The van der Waals surface area contributed by atoms with E-state index in [0.29, 0.717) is 12.4 Å². The highest BCUT2D eigenvalue weighted by Gasteiger charge is 2.23. The second-order valence-electron chi connectivity index (χ2n) is 6.89. The van der Waals surface area contributed by atoms with Gasteiger partial charge in [0.25, 0.3) is 5.56 Å². The van der Waals surface area contributed by atoms with Crippen molar-refractivity contribution in [3.8, 4) is 0 Å². The van der Waals surface area contributed by atoms with Crippen molar-refractivity contribution in [3.63, 3.8) is 0 Å². The minimum absolute atomic E-state index is 0.0131. The fraction of sp³-hybridized carbons (Fsp3) is 0.474. The molecule has 2 aromatic heterocycles. The van der Waals surface area contributed by atoms with Crippen LogP contribution in [0.2, 0.25) is 0 Å². The molecule has 0 saturated carbocycles. The number of aliphatic imine (C=N–C) groups is 1. The molecule has 2 aliphatic rings. The molecule has 2 aromatic rings. The van der Waals surface area contributed by atoms with Crippen LogP contribution in [0, 0.1) is 6.92 Å². The molecule has 0 radical (unpaired) electrons. The third-order valence-corrected chi connectivity index (χ3v) is 5.09. The van der Waals surface area contributed by atoms with Gasteiger partial charge in [-0.25, -0.2) is 4.98 Å². The lowest BCUT2D eigenvalue weighted by atomic mass is 10.0. The standard InChI is InChI=1S/C19H23N5O/c1-13-5-8-20-10-14(13)11-24-9-6-16-15(12-24)19(25)23-18(22-16)17-4-2-3-7-21-17/h5,8,10H,2-4,6-7,9,11-12H2,1H3,(H,22,23,25). The Hall–Kier alpha value is -2.34. The fourth-order valence-electron chi connectivity index (χ4n) is 3.55. The molecule has 0 unspecified atom stereocenters. The van der Waals surface area contributed by atoms with Crippen LogP contribution in [0.1, 0.15) is 47.5 Å². The molecule has 0 bridgehead atoms. The topological polar surface area (TPSA) is 74.2 Å². The van der Waals surface area contributed by atoms with E-state index in [2.05, 4.69) is 26.8 Å². The molecule has 4 heterocycles. The minimum Gasteiger partial charge on any atom is -0.305 e. The summed E-state index contributed by atoms with van der Waals surface area (Å²) < 4.78 is 0. The summed E-state index contributed by atoms with van der Waals surface area (Å²) in [4.78, 5) is 31.3. The van der Waals surface area contributed by atoms with Crippen LogP contribution in [0.25, 0.3) is 0 Å². The summed E-state index contributed by atoms with van der Waals surface area (Å²) in [7, 11) is 0. The third kappa shape index (κ3) is 3.39. The number of fused-ring (bicyclic) bond motifs is 1. The van der Waals surface area contributed by atoms with E-state index in [9.17, 15) is 4.79 Å². The van der Waals surface area contributed by atoms with Gasteiger partial charge < -0.3 is 4.98 Å². The molecule has 0 atom stereocenters. The average molecular weight is 337 g/mol. The van der Waals surface area contributed by atoms with E-state index in [0.717, 1.165) is 62.3 Å². The first-order valence-electron chi connectivity index (χ1n) is 8.98. The molecule has 1 N–H and O–H groups in total. The highest BCUT2D eigenvalue weighted by molar-refractivity contribution is 5.97. The molecule has 0 fully saturated rings. The van der Waals surface area contributed by atoms with Crippen LogP contribution in [0.5, 0.6) is 0 Å². The van der Waals surface area contributed by atoms with Crippen molar-refractivity contribution in [1.29, 1.82) is 0 Å². The summed E-state index contributed by atoms with van der Waals surface area (Å²) in [6.07, 6.45) is 7.69. The first-order chi connectivity index (χ1) is 12.2. The zero-order valence-corrected chi connectivity index (χ0v) is 14.6. The molecule has 2 aliphatic heterocycles. The summed E-state index contributed by atoms with van der Waals surface area (Å²) in [5, 5.41) is 0. The van der Waals surface area contributed by atoms with E-state index in [1.165, 1.54) is 11.1 Å². The maximum Gasteiger partial charge on any atom is 0.255 e. The van der Waals surface area contributed by atoms with Gasteiger partial charge in [0, 0.05) is 45.0 Å². The van der Waals surface area contributed by atoms with Gasteiger partial charge in [-0.2, -0.15) is 0 Å². The zero-order chi connectivity index (χ0) is 17.2. The molecule has 130 valence electrons. The maximum absolute atomic E-state index is 12.6. The first kappa shape index (κ1) is 16.1. The van der Waals surface area contributed by atoms with Crippen molar-refractivity contribution in [2.45, 2.75) is 45.7 Å². The van der Waals surface area contributed by atoms with Crippen molar-refractivity contribution < 1.29 is 0 Å². The molecule has 4 rings (SSSR count). The highest BCUT2D eigenvalue weighted by Crippen LogP contribution is 2.18. The Morgan fingerprint density at radius 2 is 2.20 bits per heavy atom. The fourth-order valence-corrected chi connectivity index (χ4v) is 3.55. The van der Waals surface area contributed by atoms with Crippen molar-refractivity contribution in [3.05, 3.63) is 57.0 Å². The number of aromatic amines is 1. The lowest BCUT2D eigenvalue weighted by Gasteiger charge is -2.28. The Balaban J connectivity index is 1.56. The molecule has 0 aliphatic carbocycles. The van der Waals surface area contributed by atoms with Crippen LogP contribution in [0.15, 0.2) is 28.2 Å². The second-order valence-corrected chi connectivity index (χ2v) is 6.89. The van der Waals surface area contributed by atoms with Gasteiger partial charge in [0.1, 0.15) is 0 Å². The first-order valence-corrected chi connectivity index (χ1v) is 8.98. The van der Waals surface area contributed by atoms with Gasteiger partial charge in [0.2, 0.25) is 0 Å². The molecule has 25 heavy (non-hydrogen) atoms. The number of H-pyrrole nitrogens is 1. The summed E-state index contributed by atoms with van der Waals surface area (Å²) in [6.45, 7) is 5.30. The Kier molecular flexibility index (Phi) is 4.44. The summed E-state index contributed by atoms with van der Waals surface area (Å²) in [6, 6.07) is 2.03. The number of nitrogens with zero attached hydrogens (tertiary/aromatic N) is 4. The quantitative estimate of drug-likeness (QED) is 0.930. The van der Waals surface area contributed by atoms with Crippen LogP contribution < -0.4 is 5.56 Å². The lowest BCUT2D eigenvalue weighted by Crippen LogP contribution is -2.36. The molecular weight excluding hydrogens is 314 g/mol. The number of pyridine rings is 1. The largest absolute Gasteiger partial charge is 0.305 e. The van der Waals surface area contributed by atoms with Gasteiger partial charge in [0.05, 0.1) is 17.0 Å². The van der Waals surface area contributed by atoms with Crippen LogP contribution in [-0.4, -0.2) is 38.7 Å². The van der Waals surface area contributed by atoms with Crippen molar-refractivity contribution in [2.75, 3.05) is 13.1 Å². The van der Waals surface area contributed by atoms with Crippen LogP contribution in [0.3, 0.4) is 0 Å². The Morgan fingerprint density at radius 1 is 1.28 bits per heavy atom. The van der Waals surface area contributed by atoms with E-state index < -0.39 is 0 Å². The van der Waals surface area contributed by atoms with Crippen LogP contribution in [0.4, 0.5) is 0 Å². The number of hydrogen-bond acceptors (Lipinski definition) is 5. The molecular formula is C19H23N5O. The SMILES string of the molecule is Cc1ccncc1CN1CCc2nc(C3=NCCCC3)[nH]c(=O)c2C1. The van der Waals surface area contributed by atoms with E-state index >= 15 is 0 Å². The molecule has 6 nitrogen and oxygen atoms in total. The van der Waals surface area contributed by atoms with E-state index in [-0.39, 0.29) is 5.56 Å². The minimum atomic E-state index is -0.0131.